The van der Waals surface area contributed by atoms with Crippen molar-refractivity contribution in [3.05, 3.63) is 40.8 Å². The Hall–Kier alpha value is -2.34. The zero-order valence-electron chi connectivity index (χ0n) is 10.4. The molecule has 0 aliphatic heterocycles. The summed E-state index contributed by atoms with van der Waals surface area (Å²) in [5.41, 5.74) is -0.00407. The van der Waals surface area contributed by atoms with Crippen LogP contribution in [0, 0.1) is 0 Å². The lowest BCUT2D eigenvalue weighted by molar-refractivity contribution is -0.135. The van der Waals surface area contributed by atoms with Crippen LogP contribution >= 0.6 is 0 Å². The summed E-state index contributed by atoms with van der Waals surface area (Å²) < 4.78 is 4.83. The van der Waals surface area contributed by atoms with Crippen LogP contribution in [0.5, 0.6) is 5.75 Å². The first-order valence-electron chi connectivity index (χ1n) is 5.68. The van der Waals surface area contributed by atoms with Crippen molar-refractivity contribution in [3.8, 4) is 5.75 Å². The van der Waals surface area contributed by atoms with Crippen LogP contribution < -0.4 is 10.9 Å². The minimum absolute atomic E-state index is 0.0660. The van der Waals surface area contributed by atoms with Crippen LogP contribution in [0.25, 0.3) is 11.0 Å². The van der Waals surface area contributed by atoms with Gasteiger partial charge < -0.3 is 19.9 Å². The molecule has 1 heterocycles. The van der Waals surface area contributed by atoms with Crippen LogP contribution in [0.15, 0.2) is 39.5 Å². The third-order valence-corrected chi connectivity index (χ3v) is 2.13. The Morgan fingerprint density at radius 3 is 2.58 bits per heavy atom. The number of hydrogen-bond donors (Lipinski definition) is 3. The van der Waals surface area contributed by atoms with Crippen molar-refractivity contribution in [1.82, 2.24) is 5.32 Å². The molecule has 0 aliphatic carbocycles. The second-order valence-corrected chi connectivity index (χ2v) is 3.65. The first-order chi connectivity index (χ1) is 9.02. The summed E-state index contributed by atoms with van der Waals surface area (Å²) in [6.45, 7) is 2.64. The average molecular weight is 265 g/mol. The SMILES string of the molecule is CCNCC(=O)O.O=c1ccc2ccc(O)cc2o1. The number of aromatic hydroxyl groups is 1. The van der Waals surface area contributed by atoms with Crippen LogP contribution in [-0.2, 0) is 4.79 Å². The molecule has 2 rings (SSSR count). The fourth-order valence-corrected chi connectivity index (χ4v) is 1.28. The molecule has 0 saturated carbocycles. The monoisotopic (exact) mass is 265 g/mol. The molecule has 0 unspecified atom stereocenters. The van der Waals surface area contributed by atoms with Crippen molar-refractivity contribution in [2.75, 3.05) is 13.1 Å². The van der Waals surface area contributed by atoms with Crippen molar-refractivity contribution >= 4 is 16.9 Å². The maximum absolute atomic E-state index is 10.7. The van der Waals surface area contributed by atoms with Gasteiger partial charge in [0.05, 0.1) is 6.54 Å². The number of benzene rings is 1. The van der Waals surface area contributed by atoms with E-state index in [1.165, 1.54) is 12.1 Å². The largest absolute Gasteiger partial charge is 0.508 e. The zero-order valence-corrected chi connectivity index (χ0v) is 10.4. The number of carboxylic acid groups (broad SMARTS) is 1. The number of aliphatic carboxylic acids is 1. The molecule has 1 aromatic carbocycles. The number of rotatable bonds is 3. The fraction of sp³-hybridized carbons (Fsp3) is 0.231. The highest BCUT2D eigenvalue weighted by atomic mass is 16.4. The predicted octanol–water partition coefficient (Wildman–Crippen LogP) is 1.18. The van der Waals surface area contributed by atoms with Gasteiger partial charge in [-0.3, -0.25) is 4.79 Å². The summed E-state index contributed by atoms with van der Waals surface area (Å²) in [5, 5.41) is 20.5. The van der Waals surface area contributed by atoms with Crippen molar-refractivity contribution in [1.29, 1.82) is 0 Å². The molecule has 0 amide bonds. The summed E-state index contributed by atoms with van der Waals surface area (Å²) in [6, 6.07) is 7.65. The maximum Gasteiger partial charge on any atom is 0.336 e. The van der Waals surface area contributed by atoms with Gasteiger partial charge in [-0.15, -0.1) is 0 Å². The van der Waals surface area contributed by atoms with E-state index in [1.807, 2.05) is 6.92 Å². The lowest BCUT2D eigenvalue weighted by atomic mass is 10.2. The Kier molecular flexibility index (Phi) is 5.56. The van der Waals surface area contributed by atoms with Gasteiger partial charge in [0, 0.05) is 17.5 Å². The average Bonchev–Trinajstić information content (AvgIpc) is 2.36. The van der Waals surface area contributed by atoms with E-state index >= 15 is 0 Å². The number of phenols is 1. The number of hydrogen-bond acceptors (Lipinski definition) is 5. The molecule has 0 atom stereocenters. The van der Waals surface area contributed by atoms with Crippen molar-refractivity contribution in [2.45, 2.75) is 6.92 Å². The van der Waals surface area contributed by atoms with E-state index < -0.39 is 11.6 Å². The molecule has 0 spiro atoms. The van der Waals surface area contributed by atoms with Gasteiger partial charge >= 0.3 is 11.6 Å². The summed E-state index contributed by atoms with van der Waals surface area (Å²) >= 11 is 0. The molecule has 0 bridgehead atoms. The molecule has 0 saturated heterocycles. The van der Waals surface area contributed by atoms with Crippen LogP contribution in [0.1, 0.15) is 6.92 Å². The quantitative estimate of drug-likeness (QED) is 0.720. The van der Waals surface area contributed by atoms with E-state index in [-0.39, 0.29) is 12.3 Å². The summed E-state index contributed by atoms with van der Waals surface area (Å²) in [7, 11) is 0. The highest BCUT2D eigenvalue weighted by Gasteiger charge is 1.96. The van der Waals surface area contributed by atoms with Gasteiger partial charge in [-0.1, -0.05) is 6.92 Å². The van der Waals surface area contributed by atoms with Gasteiger partial charge in [-0.25, -0.2) is 4.79 Å². The van der Waals surface area contributed by atoms with Gasteiger partial charge in [0.15, 0.2) is 0 Å². The zero-order chi connectivity index (χ0) is 14.3. The van der Waals surface area contributed by atoms with Crippen molar-refractivity contribution < 1.29 is 19.4 Å². The van der Waals surface area contributed by atoms with E-state index in [0.29, 0.717) is 12.1 Å². The van der Waals surface area contributed by atoms with Gasteiger partial charge in [-0.05, 0) is 24.7 Å². The van der Waals surface area contributed by atoms with Crippen LogP contribution in [0.4, 0.5) is 0 Å². The topological polar surface area (TPSA) is 99.8 Å². The molecule has 3 N–H and O–H groups in total. The first kappa shape index (κ1) is 14.7. The molecule has 6 heteroatoms. The Labute approximate surface area is 109 Å². The van der Waals surface area contributed by atoms with E-state index in [1.54, 1.807) is 18.2 Å². The smallest absolute Gasteiger partial charge is 0.336 e. The number of phenolic OH excluding ortho intramolecular Hbond substituents is 1. The number of nitrogens with one attached hydrogen (secondary N) is 1. The summed E-state index contributed by atoms with van der Waals surface area (Å²) in [5.74, 6) is -0.710. The highest BCUT2D eigenvalue weighted by molar-refractivity contribution is 5.77. The molecule has 0 fully saturated rings. The number of fused-ring (bicyclic) bond motifs is 1. The normalized spacial score (nSPS) is 9.74. The Morgan fingerprint density at radius 1 is 1.32 bits per heavy atom. The van der Waals surface area contributed by atoms with Crippen LogP contribution in [0.3, 0.4) is 0 Å². The lowest BCUT2D eigenvalue weighted by Crippen LogP contribution is -2.21. The molecule has 6 nitrogen and oxygen atoms in total. The Bertz CT molecular complexity index is 605. The molecule has 19 heavy (non-hydrogen) atoms. The molecular formula is C13H15NO5. The highest BCUT2D eigenvalue weighted by Crippen LogP contribution is 2.17. The lowest BCUT2D eigenvalue weighted by Gasteiger charge is -1.94. The Morgan fingerprint density at radius 2 is 2.00 bits per heavy atom. The van der Waals surface area contributed by atoms with Gasteiger partial charge in [0.25, 0.3) is 0 Å². The fourth-order valence-electron chi connectivity index (χ4n) is 1.28. The molecule has 2 aromatic rings. The number of likely N-dealkylation sites (N-methyl/N-ethyl adjacent to an activating group) is 1. The molecular weight excluding hydrogens is 250 g/mol. The molecule has 0 aliphatic rings. The van der Waals surface area contributed by atoms with E-state index in [4.69, 9.17) is 14.6 Å². The second-order valence-electron chi connectivity index (χ2n) is 3.65. The molecule has 1 aromatic heterocycles. The van der Waals surface area contributed by atoms with Gasteiger partial charge in [-0.2, -0.15) is 0 Å². The van der Waals surface area contributed by atoms with Crippen LogP contribution in [-0.4, -0.2) is 29.3 Å². The summed E-state index contributed by atoms with van der Waals surface area (Å²) in [4.78, 5) is 20.4. The third kappa shape index (κ3) is 5.22. The molecule has 102 valence electrons. The van der Waals surface area contributed by atoms with Crippen molar-refractivity contribution in [2.24, 2.45) is 0 Å². The van der Waals surface area contributed by atoms with Crippen molar-refractivity contribution in [3.63, 3.8) is 0 Å². The predicted molar refractivity (Wildman–Crippen MR) is 70.3 cm³/mol. The Balaban J connectivity index is 0.000000224. The standard InChI is InChI=1S/C9H6O3.C4H9NO2/c10-7-3-1-6-2-4-9(11)12-8(6)5-7;1-2-5-3-4(6)7/h1-5,10H;5H,2-3H2,1H3,(H,6,7). The first-order valence-corrected chi connectivity index (χ1v) is 5.68. The number of carboxylic acids is 1. The van der Waals surface area contributed by atoms with Gasteiger partial charge in [0.1, 0.15) is 11.3 Å². The van der Waals surface area contributed by atoms with E-state index in [2.05, 4.69) is 5.32 Å². The third-order valence-electron chi connectivity index (χ3n) is 2.13. The second kappa shape index (κ2) is 7.17. The van der Waals surface area contributed by atoms with Crippen LogP contribution in [0.2, 0.25) is 0 Å². The van der Waals surface area contributed by atoms with E-state index in [0.717, 1.165) is 5.39 Å². The minimum atomic E-state index is -0.804. The minimum Gasteiger partial charge on any atom is -0.508 e. The maximum atomic E-state index is 10.7. The molecule has 0 radical (unpaired) electrons. The van der Waals surface area contributed by atoms with E-state index in [9.17, 15) is 9.59 Å². The van der Waals surface area contributed by atoms with Gasteiger partial charge in [0.2, 0.25) is 0 Å². The summed E-state index contributed by atoms with van der Waals surface area (Å²) in [6.07, 6.45) is 0. The number of carbonyl (C=O) groups is 1.